The van der Waals surface area contributed by atoms with Gasteiger partial charge >= 0.3 is 6.09 Å². The second-order valence-electron chi connectivity index (χ2n) is 7.42. The Morgan fingerprint density at radius 3 is 2.67 bits per heavy atom. The first-order chi connectivity index (χ1) is 12.9. The van der Waals surface area contributed by atoms with E-state index < -0.39 is 0 Å². The molecule has 0 unspecified atom stereocenters. The van der Waals surface area contributed by atoms with E-state index in [4.69, 9.17) is 16.3 Å². The van der Waals surface area contributed by atoms with Crippen LogP contribution >= 0.6 is 11.6 Å². The zero-order chi connectivity index (χ0) is 19.9. The third-order valence-electron chi connectivity index (χ3n) is 4.89. The molecule has 6 nitrogen and oxygen atoms in total. The normalized spacial score (nSPS) is 16.2. The Morgan fingerprint density at radius 2 is 2.07 bits per heavy atom. The molecule has 1 aromatic carbocycles. The lowest BCUT2D eigenvalue weighted by molar-refractivity contribution is 0.0963. The van der Waals surface area contributed by atoms with Gasteiger partial charge in [0.05, 0.1) is 6.61 Å². The lowest BCUT2D eigenvalue weighted by atomic mass is 9.84. The standard InChI is InChI=1S/C20H31ClN4O2/c1-5-27-19(26)25-11-9-17(10-12-25)24-18(22-4)23-14-20(2,3)15-7-6-8-16(21)13-15/h6-8,13,17H,5,9-12,14H2,1-4H3,(H2,22,23,24). The summed E-state index contributed by atoms with van der Waals surface area (Å²) in [6, 6.07) is 8.25. The van der Waals surface area contributed by atoms with Gasteiger partial charge in [-0.1, -0.05) is 37.6 Å². The Bertz CT molecular complexity index is 655. The quantitative estimate of drug-likeness (QED) is 0.593. The number of ether oxygens (including phenoxy) is 1. The minimum Gasteiger partial charge on any atom is -0.450 e. The lowest BCUT2D eigenvalue weighted by Crippen LogP contribution is -2.51. The highest BCUT2D eigenvalue weighted by molar-refractivity contribution is 6.30. The Hall–Kier alpha value is -1.95. The maximum Gasteiger partial charge on any atom is 0.409 e. The van der Waals surface area contributed by atoms with E-state index in [2.05, 4.69) is 35.5 Å². The van der Waals surface area contributed by atoms with E-state index in [0.29, 0.717) is 19.7 Å². The van der Waals surface area contributed by atoms with Crippen molar-refractivity contribution in [1.82, 2.24) is 15.5 Å². The molecule has 0 spiro atoms. The molecule has 1 aliphatic heterocycles. The van der Waals surface area contributed by atoms with E-state index in [1.54, 1.807) is 11.9 Å². The maximum absolute atomic E-state index is 11.8. The predicted molar refractivity (Wildman–Crippen MR) is 111 cm³/mol. The molecule has 1 amide bonds. The molecule has 0 bridgehead atoms. The van der Waals surface area contributed by atoms with E-state index in [1.165, 1.54) is 5.56 Å². The van der Waals surface area contributed by atoms with E-state index in [9.17, 15) is 4.79 Å². The molecule has 27 heavy (non-hydrogen) atoms. The summed E-state index contributed by atoms with van der Waals surface area (Å²) in [6.45, 7) is 8.72. The van der Waals surface area contributed by atoms with Gasteiger partial charge < -0.3 is 20.3 Å². The molecule has 0 saturated carbocycles. The molecule has 1 saturated heterocycles. The highest BCUT2D eigenvalue weighted by Gasteiger charge is 2.25. The average Bonchev–Trinajstić information content (AvgIpc) is 2.66. The number of carbonyl (C=O) groups is 1. The van der Waals surface area contributed by atoms with E-state index in [1.807, 2.05) is 25.1 Å². The predicted octanol–water partition coefficient (Wildman–Crippen LogP) is 3.40. The number of likely N-dealkylation sites (tertiary alicyclic amines) is 1. The number of amides is 1. The second-order valence-corrected chi connectivity index (χ2v) is 7.86. The SMILES string of the molecule is CCOC(=O)N1CCC(NC(=NC)NCC(C)(C)c2cccc(Cl)c2)CC1. The van der Waals surface area contributed by atoms with Crippen LogP contribution in [0.4, 0.5) is 4.79 Å². The van der Waals surface area contributed by atoms with Crippen molar-refractivity contribution in [3.05, 3.63) is 34.9 Å². The Balaban J connectivity index is 1.83. The van der Waals surface area contributed by atoms with E-state index in [-0.39, 0.29) is 17.6 Å². The molecule has 150 valence electrons. The number of piperidine rings is 1. The number of rotatable bonds is 5. The molecule has 2 rings (SSSR count). The number of hydrogen-bond donors (Lipinski definition) is 2. The second kappa shape index (κ2) is 9.83. The fourth-order valence-electron chi connectivity index (χ4n) is 3.13. The minimum absolute atomic E-state index is 0.0875. The molecule has 0 aromatic heterocycles. The van der Waals surface area contributed by atoms with Crippen LogP contribution in [0.2, 0.25) is 5.02 Å². The average molecular weight is 395 g/mol. The summed E-state index contributed by atoms with van der Waals surface area (Å²) in [5.74, 6) is 0.777. The monoisotopic (exact) mass is 394 g/mol. The number of carbonyl (C=O) groups excluding carboxylic acids is 1. The van der Waals surface area contributed by atoms with Gasteiger partial charge in [0.25, 0.3) is 0 Å². The van der Waals surface area contributed by atoms with Crippen molar-refractivity contribution < 1.29 is 9.53 Å². The number of benzene rings is 1. The van der Waals surface area contributed by atoms with Crippen molar-refractivity contribution >= 4 is 23.7 Å². The van der Waals surface area contributed by atoms with Crippen molar-refractivity contribution in [3.63, 3.8) is 0 Å². The Labute approximate surface area is 167 Å². The third kappa shape index (κ3) is 6.31. The zero-order valence-electron chi connectivity index (χ0n) is 16.7. The molecule has 1 heterocycles. The van der Waals surface area contributed by atoms with Gasteiger partial charge in [-0.3, -0.25) is 4.99 Å². The fraction of sp³-hybridized carbons (Fsp3) is 0.600. The summed E-state index contributed by atoms with van der Waals surface area (Å²) >= 11 is 6.13. The first-order valence-electron chi connectivity index (χ1n) is 9.50. The fourth-order valence-corrected chi connectivity index (χ4v) is 3.32. The van der Waals surface area contributed by atoms with Crippen molar-refractivity contribution in [2.24, 2.45) is 4.99 Å². The van der Waals surface area contributed by atoms with Gasteiger partial charge in [-0.15, -0.1) is 0 Å². The minimum atomic E-state index is -0.221. The molecule has 7 heteroatoms. The highest BCUT2D eigenvalue weighted by Crippen LogP contribution is 2.24. The van der Waals surface area contributed by atoms with Crippen LogP contribution in [0.25, 0.3) is 0 Å². The lowest BCUT2D eigenvalue weighted by Gasteiger charge is -2.33. The van der Waals surface area contributed by atoms with Gasteiger partial charge in [0.2, 0.25) is 0 Å². The summed E-state index contributed by atoms with van der Waals surface area (Å²) < 4.78 is 5.07. The van der Waals surface area contributed by atoms with Gasteiger partial charge in [-0.05, 0) is 37.5 Å². The van der Waals surface area contributed by atoms with Crippen molar-refractivity contribution in [2.45, 2.75) is 45.1 Å². The molecule has 1 aliphatic rings. The van der Waals surface area contributed by atoms with Crippen LogP contribution in [0.3, 0.4) is 0 Å². The summed E-state index contributed by atoms with van der Waals surface area (Å²) in [6.07, 6.45) is 1.52. The zero-order valence-corrected chi connectivity index (χ0v) is 17.5. The third-order valence-corrected chi connectivity index (χ3v) is 5.12. The molecule has 1 aromatic rings. The van der Waals surface area contributed by atoms with Crippen molar-refractivity contribution in [3.8, 4) is 0 Å². The first kappa shape index (κ1) is 21.4. The van der Waals surface area contributed by atoms with Gasteiger partial charge in [0.1, 0.15) is 0 Å². The van der Waals surface area contributed by atoms with E-state index in [0.717, 1.165) is 30.4 Å². The number of hydrogen-bond acceptors (Lipinski definition) is 3. The van der Waals surface area contributed by atoms with Gasteiger partial charge in [0, 0.05) is 43.2 Å². The van der Waals surface area contributed by atoms with Crippen LogP contribution in [0.1, 0.15) is 39.2 Å². The van der Waals surface area contributed by atoms with Crippen molar-refractivity contribution in [2.75, 3.05) is 33.3 Å². The molecule has 0 aliphatic carbocycles. The van der Waals surface area contributed by atoms with Crippen LogP contribution in [0.15, 0.2) is 29.3 Å². The smallest absolute Gasteiger partial charge is 0.409 e. The van der Waals surface area contributed by atoms with Gasteiger partial charge in [0.15, 0.2) is 5.96 Å². The molecular weight excluding hydrogens is 364 g/mol. The largest absolute Gasteiger partial charge is 0.450 e. The van der Waals surface area contributed by atoms with Crippen molar-refractivity contribution in [1.29, 1.82) is 0 Å². The summed E-state index contributed by atoms with van der Waals surface area (Å²) in [5.41, 5.74) is 1.09. The highest BCUT2D eigenvalue weighted by atomic mass is 35.5. The molecule has 2 N–H and O–H groups in total. The molecular formula is C20H31ClN4O2. The van der Waals surface area contributed by atoms with Crippen LogP contribution in [-0.2, 0) is 10.2 Å². The summed E-state index contributed by atoms with van der Waals surface area (Å²) in [5, 5.41) is 7.63. The topological polar surface area (TPSA) is 66.0 Å². The van der Waals surface area contributed by atoms with Crippen LogP contribution in [-0.4, -0.2) is 56.3 Å². The van der Waals surface area contributed by atoms with E-state index >= 15 is 0 Å². The van der Waals surface area contributed by atoms with Gasteiger partial charge in [-0.2, -0.15) is 0 Å². The number of aliphatic imine (C=N–C) groups is 1. The number of nitrogens with one attached hydrogen (secondary N) is 2. The molecule has 1 fully saturated rings. The molecule has 0 radical (unpaired) electrons. The number of nitrogens with zero attached hydrogens (tertiary/aromatic N) is 2. The van der Waals surface area contributed by atoms with Gasteiger partial charge in [-0.25, -0.2) is 4.79 Å². The Morgan fingerprint density at radius 1 is 1.37 bits per heavy atom. The van der Waals surface area contributed by atoms with Crippen LogP contribution in [0, 0.1) is 0 Å². The Kier molecular flexibility index (Phi) is 7.78. The summed E-state index contributed by atoms with van der Waals surface area (Å²) in [7, 11) is 1.77. The summed E-state index contributed by atoms with van der Waals surface area (Å²) in [4.78, 5) is 17.9. The molecule has 0 atom stereocenters. The van der Waals surface area contributed by atoms with Crippen LogP contribution in [0.5, 0.6) is 0 Å². The maximum atomic E-state index is 11.8. The number of halogens is 1. The van der Waals surface area contributed by atoms with Crippen LogP contribution < -0.4 is 10.6 Å². The number of guanidine groups is 1. The first-order valence-corrected chi connectivity index (χ1v) is 9.88.